The summed E-state index contributed by atoms with van der Waals surface area (Å²) >= 11 is 5.58. The Morgan fingerprint density at radius 3 is 2.81 bits per heavy atom. The standard InChI is InChI=1S/C10H14ClN3O2/c1-3-16-7-6-14(2)10(15)8-4-5-9(11)13-12-8/h4-5H,3,6-7H2,1-2H3. The number of aromatic nitrogens is 2. The van der Waals surface area contributed by atoms with Crippen LogP contribution < -0.4 is 0 Å². The number of carbonyl (C=O) groups excluding carboxylic acids is 1. The van der Waals surface area contributed by atoms with E-state index in [0.29, 0.717) is 19.8 Å². The van der Waals surface area contributed by atoms with Gasteiger partial charge < -0.3 is 9.64 Å². The van der Waals surface area contributed by atoms with Crippen molar-refractivity contribution in [3.63, 3.8) is 0 Å². The molecule has 0 fully saturated rings. The van der Waals surface area contributed by atoms with E-state index in [-0.39, 0.29) is 16.8 Å². The second-order valence-corrected chi connectivity index (χ2v) is 3.55. The number of carbonyl (C=O) groups is 1. The summed E-state index contributed by atoms with van der Waals surface area (Å²) in [5.41, 5.74) is 0.281. The smallest absolute Gasteiger partial charge is 0.274 e. The molecule has 6 heteroatoms. The SMILES string of the molecule is CCOCCN(C)C(=O)c1ccc(Cl)nn1. The molecule has 0 aliphatic rings. The van der Waals surface area contributed by atoms with E-state index < -0.39 is 0 Å². The van der Waals surface area contributed by atoms with Crippen molar-refractivity contribution in [3.05, 3.63) is 23.0 Å². The van der Waals surface area contributed by atoms with Crippen LogP contribution in [0.4, 0.5) is 0 Å². The second-order valence-electron chi connectivity index (χ2n) is 3.16. The van der Waals surface area contributed by atoms with Crippen LogP contribution in [0.1, 0.15) is 17.4 Å². The number of rotatable bonds is 5. The Bertz CT molecular complexity index is 342. The monoisotopic (exact) mass is 243 g/mol. The van der Waals surface area contributed by atoms with E-state index in [1.54, 1.807) is 13.1 Å². The first-order valence-corrected chi connectivity index (χ1v) is 5.35. The molecule has 1 heterocycles. The first-order chi connectivity index (χ1) is 7.65. The summed E-state index contributed by atoms with van der Waals surface area (Å²) in [5.74, 6) is -0.191. The van der Waals surface area contributed by atoms with Gasteiger partial charge in [0.15, 0.2) is 10.8 Å². The first kappa shape index (κ1) is 12.9. The van der Waals surface area contributed by atoms with Crippen LogP contribution in [0.5, 0.6) is 0 Å². The second kappa shape index (κ2) is 6.40. The fraction of sp³-hybridized carbons (Fsp3) is 0.500. The zero-order chi connectivity index (χ0) is 12.0. The van der Waals surface area contributed by atoms with Gasteiger partial charge in [-0.2, -0.15) is 0 Å². The molecule has 0 saturated carbocycles. The molecule has 5 nitrogen and oxygen atoms in total. The molecular formula is C10H14ClN3O2. The zero-order valence-electron chi connectivity index (χ0n) is 9.31. The predicted octanol–water partition coefficient (Wildman–Crippen LogP) is 1.24. The molecule has 0 bridgehead atoms. The van der Waals surface area contributed by atoms with Crippen LogP contribution in [0, 0.1) is 0 Å². The predicted molar refractivity (Wildman–Crippen MR) is 60.5 cm³/mol. The summed E-state index contributed by atoms with van der Waals surface area (Å²) < 4.78 is 5.16. The molecule has 1 aromatic rings. The normalized spacial score (nSPS) is 10.2. The third-order valence-corrected chi connectivity index (χ3v) is 2.17. The van der Waals surface area contributed by atoms with Crippen LogP contribution in [-0.4, -0.2) is 47.8 Å². The Labute approximate surface area is 99.4 Å². The molecular weight excluding hydrogens is 230 g/mol. The van der Waals surface area contributed by atoms with E-state index in [2.05, 4.69) is 10.2 Å². The molecule has 0 atom stereocenters. The van der Waals surface area contributed by atoms with Crippen molar-refractivity contribution >= 4 is 17.5 Å². The maximum atomic E-state index is 11.8. The van der Waals surface area contributed by atoms with Gasteiger partial charge in [-0.05, 0) is 19.1 Å². The van der Waals surface area contributed by atoms with Crippen LogP contribution in [0.2, 0.25) is 5.15 Å². The first-order valence-electron chi connectivity index (χ1n) is 4.97. The van der Waals surface area contributed by atoms with E-state index >= 15 is 0 Å². The van der Waals surface area contributed by atoms with Gasteiger partial charge in [0, 0.05) is 20.2 Å². The molecule has 1 amide bonds. The van der Waals surface area contributed by atoms with E-state index in [1.165, 1.54) is 11.0 Å². The van der Waals surface area contributed by atoms with Gasteiger partial charge in [-0.3, -0.25) is 4.79 Å². The summed E-state index contributed by atoms with van der Waals surface area (Å²) in [5, 5.41) is 7.60. The summed E-state index contributed by atoms with van der Waals surface area (Å²) in [7, 11) is 1.69. The number of hydrogen-bond donors (Lipinski definition) is 0. The lowest BCUT2D eigenvalue weighted by molar-refractivity contribution is 0.0703. The van der Waals surface area contributed by atoms with E-state index in [0.717, 1.165) is 0 Å². The molecule has 0 aliphatic heterocycles. The molecule has 0 aliphatic carbocycles. The Hall–Kier alpha value is -1.20. The number of nitrogens with zero attached hydrogens (tertiary/aromatic N) is 3. The Kier molecular flexibility index (Phi) is 5.14. The molecule has 16 heavy (non-hydrogen) atoms. The van der Waals surface area contributed by atoms with Gasteiger partial charge in [-0.1, -0.05) is 11.6 Å². The molecule has 0 radical (unpaired) electrons. The number of amides is 1. The van der Waals surface area contributed by atoms with E-state index in [9.17, 15) is 4.79 Å². The highest BCUT2D eigenvalue weighted by Gasteiger charge is 2.13. The van der Waals surface area contributed by atoms with Crippen molar-refractivity contribution in [1.29, 1.82) is 0 Å². The van der Waals surface area contributed by atoms with Crippen LogP contribution >= 0.6 is 11.6 Å². The highest BCUT2D eigenvalue weighted by atomic mass is 35.5. The molecule has 0 aromatic carbocycles. The van der Waals surface area contributed by atoms with Crippen LogP contribution in [0.15, 0.2) is 12.1 Å². The maximum Gasteiger partial charge on any atom is 0.274 e. The highest BCUT2D eigenvalue weighted by molar-refractivity contribution is 6.29. The van der Waals surface area contributed by atoms with Gasteiger partial charge in [-0.15, -0.1) is 10.2 Å². The highest BCUT2D eigenvalue weighted by Crippen LogP contribution is 2.04. The zero-order valence-corrected chi connectivity index (χ0v) is 10.1. The molecule has 0 spiro atoms. The van der Waals surface area contributed by atoms with Gasteiger partial charge >= 0.3 is 0 Å². The number of hydrogen-bond acceptors (Lipinski definition) is 4. The minimum absolute atomic E-state index is 0.191. The lowest BCUT2D eigenvalue weighted by Crippen LogP contribution is -2.30. The average molecular weight is 244 g/mol. The Balaban J connectivity index is 2.53. The minimum atomic E-state index is -0.191. The third kappa shape index (κ3) is 3.75. The van der Waals surface area contributed by atoms with Crippen molar-refractivity contribution in [2.24, 2.45) is 0 Å². The van der Waals surface area contributed by atoms with Crippen LogP contribution in [0.25, 0.3) is 0 Å². The lowest BCUT2D eigenvalue weighted by atomic mass is 10.3. The van der Waals surface area contributed by atoms with Crippen molar-refractivity contribution in [3.8, 4) is 0 Å². The molecule has 1 rings (SSSR count). The van der Waals surface area contributed by atoms with Gasteiger partial charge in [0.2, 0.25) is 0 Å². The van der Waals surface area contributed by atoms with Crippen LogP contribution in [0.3, 0.4) is 0 Å². The maximum absolute atomic E-state index is 11.8. The largest absolute Gasteiger partial charge is 0.380 e. The Morgan fingerprint density at radius 2 is 2.25 bits per heavy atom. The number of ether oxygens (including phenoxy) is 1. The third-order valence-electron chi connectivity index (χ3n) is 1.97. The lowest BCUT2D eigenvalue weighted by Gasteiger charge is -2.15. The van der Waals surface area contributed by atoms with E-state index in [1.807, 2.05) is 6.92 Å². The van der Waals surface area contributed by atoms with Gasteiger partial charge in [0.05, 0.1) is 6.61 Å². The summed E-state index contributed by atoms with van der Waals surface area (Å²) in [4.78, 5) is 13.3. The van der Waals surface area contributed by atoms with Gasteiger partial charge in [-0.25, -0.2) is 0 Å². The van der Waals surface area contributed by atoms with Crippen LogP contribution in [-0.2, 0) is 4.74 Å². The molecule has 0 N–H and O–H groups in total. The van der Waals surface area contributed by atoms with Crippen molar-refractivity contribution in [2.75, 3.05) is 26.8 Å². The summed E-state index contributed by atoms with van der Waals surface area (Å²) in [6, 6.07) is 3.09. The topological polar surface area (TPSA) is 55.3 Å². The van der Waals surface area contributed by atoms with E-state index in [4.69, 9.17) is 16.3 Å². The fourth-order valence-corrected chi connectivity index (χ4v) is 1.17. The molecule has 88 valence electrons. The molecule has 1 aromatic heterocycles. The van der Waals surface area contributed by atoms with Crippen molar-refractivity contribution in [2.45, 2.75) is 6.92 Å². The van der Waals surface area contributed by atoms with Gasteiger partial charge in [0.1, 0.15) is 0 Å². The quantitative estimate of drug-likeness (QED) is 0.730. The summed E-state index contributed by atoms with van der Waals surface area (Å²) in [6.07, 6.45) is 0. The van der Waals surface area contributed by atoms with Crippen molar-refractivity contribution < 1.29 is 9.53 Å². The average Bonchev–Trinajstić information content (AvgIpc) is 2.29. The van der Waals surface area contributed by atoms with Gasteiger partial charge in [0.25, 0.3) is 5.91 Å². The minimum Gasteiger partial charge on any atom is -0.380 e. The molecule has 0 saturated heterocycles. The Morgan fingerprint density at radius 1 is 1.50 bits per heavy atom. The number of halogens is 1. The molecule has 0 unspecified atom stereocenters. The fourth-order valence-electron chi connectivity index (χ4n) is 1.07. The summed E-state index contributed by atoms with van der Waals surface area (Å²) in [6.45, 7) is 3.59. The van der Waals surface area contributed by atoms with Crippen molar-refractivity contribution in [1.82, 2.24) is 15.1 Å². The number of likely N-dealkylation sites (N-methyl/N-ethyl adjacent to an activating group) is 1.